The number of sulfonamides is 2. The maximum absolute atomic E-state index is 13.1. The molecule has 0 heterocycles. The molecule has 8 nitrogen and oxygen atoms in total. The van der Waals surface area contributed by atoms with Crippen LogP contribution in [0.1, 0.15) is 32.6 Å². The molecule has 0 aromatic heterocycles. The van der Waals surface area contributed by atoms with Crippen LogP contribution in [0.3, 0.4) is 0 Å². The normalized spacial score (nSPS) is 11.6. The standard InChI is InChI=1S/C29H28ClN3O5S2/c1-18-5-14-27(21(4)15-18)33-40(37,38)28-17-22(7-13-26(28)30)29(34)31-23-9-11-25(12-10-23)39(35,36)32-24-8-6-19(2)20(3)16-24/h5-17,32-33H,1-4H3,(H,31,34). The zero-order valence-electron chi connectivity index (χ0n) is 22.2. The van der Waals surface area contributed by atoms with Crippen molar-refractivity contribution in [3.05, 3.63) is 112 Å². The van der Waals surface area contributed by atoms with Crippen LogP contribution in [0.2, 0.25) is 5.02 Å². The lowest BCUT2D eigenvalue weighted by molar-refractivity contribution is 0.102. The van der Waals surface area contributed by atoms with Crippen LogP contribution in [0.4, 0.5) is 17.1 Å². The minimum atomic E-state index is -4.10. The van der Waals surface area contributed by atoms with Gasteiger partial charge in [-0.15, -0.1) is 0 Å². The summed E-state index contributed by atoms with van der Waals surface area (Å²) in [6, 6.07) is 20.1. The van der Waals surface area contributed by atoms with E-state index in [-0.39, 0.29) is 20.4 Å². The lowest BCUT2D eigenvalue weighted by atomic mass is 10.1. The van der Waals surface area contributed by atoms with E-state index in [1.165, 1.54) is 42.5 Å². The summed E-state index contributed by atoms with van der Waals surface area (Å²) < 4.78 is 56.9. The quantitative estimate of drug-likeness (QED) is 0.216. The molecule has 1 amide bonds. The van der Waals surface area contributed by atoms with Crippen molar-refractivity contribution in [1.29, 1.82) is 0 Å². The SMILES string of the molecule is Cc1ccc(NS(=O)(=O)c2cc(C(=O)Nc3ccc(S(=O)(=O)Nc4ccc(C)c(C)c4)cc3)ccc2Cl)c(C)c1. The molecular formula is C29H28ClN3O5S2. The number of rotatable bonds is 8. The van der Waals surface area contributed by atoms with E-state index in [4.69, 9.17) is 11.6 Å². The van der Waals surface area contributed by atoms with Crippen molar-refractivity contribution < 1.29 is 21.6 Å². The maximum atomic E-state index is 13.1. The molecule has 4 aromatic carbocycles. The second-order valence-corrected chi connectivity index (χ2v) is 13.2. The molecule has 0 atom stereocenters. The highest BCUT2D eigenvalue weighted by molar-refractivity contribution is 7.93. The van der Waals surface area contributed by atoms with E-state index in [0.29, 0.717) is 17.1 Å². The summed E-state index contributed by atoms with van der Waals surface area (Å²) in [4.78, 5) is 12.7. The molecule has 0 radical (unpaired) electrons. The number of aryl methyl sites for hydroxylation is 4. The van der Waals surface area contributed by atoms with E-state index in [9.17, 15) is 21.6 Å². The molecular weight excluding hydrogens is 570 g/mol. The molecule has 0 aliphatic rings. The van der Waals surface area contributed by atoms with Gasteiger partial charge in [0, 0.05) is 16.9 Å². The molecule has 0 saturated heterocycles. The highest BCUT2D eigenvalue weighted by Crippen LogP contribution is 2.27. The van der Waals surface area contributed by atoms with E-state index in [1.807, 2.05) is 32.9 Å². The van der Waals surface area contributed by atoms with Gasteiger partial charge in [0.1, 0.15) is 4.90 Å². The molecule has 0 bridgehead atoms. The Balaban J connectivity index is 1.50. The summed E-state index contributed by atoms with van der Waals surface area (Å²) in [7, 11) is -7.95. The number of hydrogen-bond acceptors (Lipinski definition) is 5. The molecule has 4 rings (SSSR count). The van der Waals surface area contributed by atoms with Crippen LogP contribution in [0, 0.1) is 27.7 Å². The first-order valence-electron chi connectivity index (χ1n) is 12.2. The summed E-state index contributed by atoms with van der Waals surface area (Å²) in [6.45, 7) is 7.52. The van der Waals surface area contributed by atoms with Crippen LogP contribution in [0.5, 0.6) is 0 Å². The Bertz CT molecular complexity index is 1820. The molecule has 0 spiro atoms. The van der Waals surface area contributed by atoms with Gasteiger partial charge in [-0.25, -0.2) is 16.8 Å². The average Bonchev–Trinajstić information content (AvgIpc) is 2.88. The largest absolute Gasteiger partial charge is 0.322 e. The highest BCUT2D eigenvalue weighted by atomic mass is 35.5. The Morgan fingerprint density at radius 3 is 1.98 bits per heavy atom. The number of hydrogen-bond donors (Lipinski definition) is 3. The van der Waals surface area contributed by atoms with Gasteiger partial charge in [-0.05, 0) is 105 Å². The van der Waals surface area contributed by atoms with Crippen molar-refractivity contribution in [2.45, 2.75) is 37.5 Å². The maximum Gasteiger partial charge on any atom is 0.263 e. The summed E-state index contributed by atoms with van der Waals surface area (Å²) in [6.07, 6.45) is 0. The fourth-order valence-electron chi connectivity index (χ4n) is 3.92. The average molecular weight is 598 g/mol. The first kappa shape index (κ1) is 29.1. The second-order valence-electron chi connectivity index (χ2n) is 9.45. The molecule has 0 unspecified atom stereocenters. The molecule has 0 aliphatic heterocycles. The van der Waals surface area contributed by atoms with Crippen molar-refractivity contribution in [2.75, 3.05) is 14.8 Å². The van der Waals surface area contributed by atoms with Crippen LogP contribution >= 0.6 is 11.6 Å². The number of amides is 1. The Morgan fingerprint density at radius 2 is 1.32 bits per heavy atom. The highest BCUT2D eigenvalue weighted by Gasteiger charge is 2.22. The number of nitrogens with one attached hydrogen (secondary N) is 3. The summed E-state index contributed by atoms with van der Waals surface area (Å²) in [5, 5.41) is 2.61. The minimum absolute atomic E-state index is 0.0149. The smallest absolute Gasteiger partial charge is 0.263 e. The Morgan fingerprint density at radius 1 is 0.650 bits per heavy atom. The summed E-state index contributed by atoms with van der Waals surface area (Å²) in [5.74, 6) is -0.594. The van der Waals surface area contributed by atoms with Crippen molar-refractivity contribution in [2.24, 2.45) is 0 Å². The molecule has 11 heteroatoms. The fraction of sp³-hybridized carbons (Fsp3) is 0.138. The molecule has 0 fully saturated rings. The van der Waals surface area contributed by atoms with Gasteiger partial charge in [0.15, 0.2) is 0 Å². The van der Waals surface area contributed by atoms with Gasteiger partial charge in [-0.2, -0.15) is 0 Å². The third-order valence-corrected chi connectivity index (χ3v) is 9.54. The Hall–Kier alpha value is -3.86. The predicted molar refractivity (Wildman–Crippen MR) is 159 cm³/mol. The summed E-state index contributed by atoms with van der Waals surface area (Å²) >= 11 is 6.20. The molecule has 0 aliphatic carbocycles. The van der Waals surface area contributed by atoms with E-state index >= 15 is 0 Å². The van der Waals surface area contributed by atoms with Crippen LogP contribution in [-0.4, -0.2) is 22.7 Å². The van der Waals surface area contributed by atoms with Gasteiger partial charge in [-0.1, -0.05) is 35.4 Å². The number of halogens is 1. The zero-order valence-corrected chi connectivity index (χ0v) is 24.6. The third kappa shape index (κ3) is 6.64. The lowest BCUT2D eigenvalue weighted by Gasteiger charge is -2.13. The Kier molecular flexibility index (Phi) is 8.25. The second kappa shape index (κ2) is 11.3. The number of carbonyl (C=O) groups excluding carboxylic acids is 1. The first-order chi connectivity index (χ1) is 18.7. The van der Waals surface area contributed by atoms with Crippen molar-refractivity contribution in [3.8, 4) is 0 Å². The molecule has 208 valence electrons. The van der Waals surface area contributed by atoms with Gasteiger partial charge in [-0.3, -0.25) is 14.2 Å². The van der Waals surface area contributed by atoms with E-state index < -0.39 is 26.0 Å². The molecule has 40 heavy (non-hydrogen) atoms. The van der Waals surface area contributed by atoms with Crippen LogP contribution in [-0.2, 0) is 20.0 Å². The van der Waals surface area contributed by atoms with Gasteiger partial charge in [0.2, 0.25) is 0 Å². The number of carbonyl (C=O) groups is 1. The van der Waals surface area contributed by atoms with Gasteiger partial charge in [0.05, 0.1) is 15.6 Å². The zero-order chi connectivity index (χ0) is 29.2. The van der Waals surface area contributed by atoms with Gasteiger partial charge >= 0.3 is 0 Å². The number of anilines is 3. The van der Waals surface area contributed by atoms with Crippen LogP contribution < -0.4 is 14.8 Å². The van der Waals surface area contributed by atoms with Gasteiger partial charge < -0.3 is 5.32 Å². The monoisotopic (exact) mass is 597 g/mol. The minimum Gasteiger partial charge on any atom is -0.322 e. The molecule has 4 aromatic rings. The Labute approximate surface area is 239 Å². The molecule has 3 N–H and O–H groups in total. The van der Waals surface area contributed by atoms with Crippen molar-refractivity contribution in [1.82, 2.24) is 0 Å². The number of benzene rings is 4. The summed E-state index contributed by atoms with van der Waals surface area (Å²) in [5.41, 5.74) is 4.95. The molecule has 0 saturated carbocycles. The first-order valence-corrected chi connectivity index (χ1v) is 15.5. The third-order valence-electron chi connectivity index (χ3n) is 6.29. The van der Waals surface area contributed by atoms with E-state index in [1.54, 1.807) is 31.2 Å². The van der Waals surface area contributed by atoms with Crippen molar-refractivity contribution in [3.63, 3.8) is 0 Å². The predicted octanol–water partition coefficient (Wildman–Crippen LogP) is 6.43. The van der Waals surface area contributed by atoms with Crippen LogP contribution in [0.15, 0.2) is 88.7 Å². The fourth-order valence-corrected chi connectivity index (χ4v) is 6.63. The van der Waals surface area contributed by atoms with Crippen LogP contribution in [0.25, 0.3) is 0 Å². The van der Waals surface area contributed by atoms with Crippen molar-refractivity contribution >= 4 is 54.6 Å². The lowest BCUT2D eigenvalue weighted by Crippen LogP contribution is -2.17. The van der Waals surface area contributed by atoms with E-state index in [2.05, 4.69) is 14.8 Å². The topological polar surface area (TPSA) is 121 Å². The van der Waals surface area contributed by atoms with Gasteiger partial charge in [0.25, 0.3) is 26.0 Å². The van der Waals surface area contributed by atoms with E-state index in [0.717, 1.165) is 22.3 Å².